The number of unbranched alkanes of at least 4 members (excludes halogenated alkanes) is 24. The van der Waals surface area contributed by atoms with E-state index in [-0.39, 0.29) is 94.7 Å². The molecular weight excluding hydrogens is 1370 g/mol. The lowest BCUT2D eigenvalue weighted by Crippen LogP contribution is -2.64. The summed E-state index contributed by atoms with van der Waals surface area (Å²) in [6.45, 7) is 20.8. The minimum atomic E-state index is -2.59. The van der Waals surface area contributed by atoms with Crippen molar-refractivity contribution >= 4 is 47.3 Å². The minimum Gasteiger partial charge on any atom is -0.462 e. The second-order valence-corrected chi connectivity index (χ2v) is 33.0. The van der Waals surface area contributed by atoms with Crippen LogP contribution in [0.25, 0.3) is 0 Å². The number of rotatable bonds is 47. The van der Waals surface area contributed by atoms with Gasteiger partial charge < -0.3 is 57.7 Å². The van der Waals surface area contributed by atoms with Gasteiger partial charge in [-0.3, -0.25) is 33.6 Å². The number of piperidine rings is 1. The number of aliphatic hydroxyl groups is 2. The Labute approximate surface area is 651 Å². The zero-order valence-electron chi connectivity index (χ0n) is 69.3. The quantitative estimate of drug-likeness (QED) is 0.0188. The molecule has 20 heteroatoms. The maximum atomic E-state index is 15.5. The Morgan fingerprint density at radius 3 is 1.70 bits per heavy atom. The fourth-order valence-electron chi connectivity index (χ4n) is 16.4. The van der Waals surface area contributed by atoms with Crippen LogP contribution in [0.3, 0.4) is 0 Å². The molecule has 4 aliphatic rings. The highest BCUT2D eigenvalue weighted by Crippen LogP contribution is 2.40. The number of esters is 5. The van der Waals surface area contributed by atoms with Crippen LogP contribution in [-0.2, 0) is 81.0 Å². The van der Waals surface area contributed by atoms with E-state index in [0.29, 0.717) is 69.8 Å². The highest BCUT2D eigenvalue weighted by molar-refractivity contribution is 6.39. The minimum absolute atomic E-state index is 0.0243. The molecule has 3 fully saturated rings. The summed E-state index contributed by atoms with van der Waals surface area (Å²) in [5.74, 6) is -11.8. The Morgan fingerprint density at radius 1 is 0.667 bits per heavy atom. The number of ether oxygens (including phenoxy) is 9. The van der Waals surface area contributed by atoms with E-state index in [1.165, 1.54) is 135 Å². The number of aliphatic hydroxyl groups excluding tert-OH is 1. The average Bonchev–Trinajstić information content (AvgIpc) is 0.775. The lowest BCUT2D eigenvalue weighted by molar-refractivity contribution is -0.302. The molecule has 1 aliphatic carbocycles. The Bertz CT molecular complexity index is 2650. The number of carbonyl (C=O) groups excluding carboxylic acids is 8. The molecule has 4 unspecified atom stereocenters. The first-order valence-electron chi connectivity index (χ1n) is 42.8. The maximum absolute atomic E-state index is 15.5. The lowest BCUT2D eigenvalue weighted by atomic mass is 9.81. The molecule has 0 aromatic heterocycles. The maximum Gasteiger partial charge on any atom is 0.329 e. The summed E-state index contributed by atoms with van der Waals surface area (Å²) in [7, 11) is 4.57. The summed E-state index contributed by atoms with van der Waals surface area (Å²) in [6.07, 6.45) is 34.2. The van der Waals surface area contributed by atoms with Gasteiger partial charge in [-0.2, -0.15) is 0 Å². The highest BCUT2D eigenvalue weighted by atomic mass is 16.7. The second-order valence-electron chi connectivity index (χ2n) is 33.0. The predicted molar refractivity (Wildman–Crippen MR) is 421 cm³/mol. The second kappa shape index (κ2) is 54.0. The van der Waals surface area contributed by atoms with E-state index in [0.717, 1.165) is 44.1 Å². The third kappa shape index (κ3) is 35.0. The van der Waals surface area contributed by atoms with Crippen LogP contribution in [0.5, 0.6) is 0 Å². The average molecular weight is 1530 g/mol. The first kappa shape index (κ1) is 95.5. The number of cyclic esters (lactones) is 1. The summed E-state index contributed by atoms with van der Waals surface area (Å²) in [5, 5.41) is 23.1. The van der Waals surface area contributed by atoms with Crippen molar-refractivity contribution < 1.29 is 91.2 Å². The summed E-state index contributed by atoms with van der Waals surface area (Å²) < 4.78 is 54.3. The van der Waals surface area contributed by atoms with Crippen molar-refractivity contribution in [3.8, 4) is 0 Å². The van der Waals surface area contributed by atoms with Crippen molar-refractivity contribution in [2.24, 2.45) is 41.4 Å². The SMILES string of the molecule is C=CC[C@@H]1/C=C(\C)C[C@H](C)C[C@H](OC)C2O[C@@](O)(C(=O)C(=O)N3CCCC[C@H]3C(=O)O[C@H](/C(C)=C/[C@@H]3CCC(O)[C@H](OC)C3)[C@H](C)C[C@H](OC(=O)C(C)CCC(C)CC(=O)OC(COC(=O)CCCCCCCCCCCCCCC)COC(=O)CCCCCCCCCCCCCCC)C1=O)[C@H](C)C[C@@H]2OC. The molecule has 1 amide bonds. The fourth-order valence-corrected chi connectivity index (χ4v) is 16.4. The molecule has 620 valence electrons. The normalized spacial score (nSPS) is 27.7. The van der Waals surface area contributed by atoms with Gasteiger partial charge >= 0.3 is 29.8 Å². The van der Waals surface area contributed by atoms with E-state index in [1.54, 1.807) is 27.0 Å². The zero-order chi connectivity index (χ0) is 79.4. The van der Waals surface area contributed by atoms with Crippen LogP contribution < -0.4 is 0 Å². The molecule has 0 spiro atoms. The van der Waals surface area contributed by atoms with Gasteiger partial charge in [-0.05, 0) is 133 Å². The fraction of sp³-hybridized carbons (Fsp3) is 0.841. The third-order valence-corrected chi connectivity index (χ3v) is 23.1. The number of nitrogens with zero attached hydrogens (tertiary/aromatic N) is 1. The molecule has 3 heterocycles. The summed E-state index contributed by atoms with van der Waals surface area (Å²) >= 11 is 0. The molecule has 16 atom stereocenters. The van der Waals surface area contributed by atoms with E-state index < -0.39 is 126 Å². The number of hydrogen-bond acceptors (Lipinski definition) is 19. The highest BCUT2D eigenvalue weighted by Gasteiger charge is 2.57. The van der Waals surface area contributed by atoms with Crippen molar-refractivity contribution in [2.75, 3.05) is 41.1 Å². The molecule has 2 bridgehead atoms. The Hall–Kier alpha value is -4.86. The van der Waals surface area contributed by atoms with Crippen molar-refractivity contribution in [1.82, 2.24) is 4.90 Å². The molecule has 3 aliphatic heterocycles. The number of amides is 1. The van der Waals surface area contributed by atoms with Gasteiger partial charge in [-0.15, -0.1) is 6.58 Å². The largest absolute Gasteiger partial charge is 0.462 e. The van der Waals surface area contributed by atoms with Crippen LogP contribution in [0.1, 0.15) is 332 Å². The van der Waals surface area contributed by atoms with E-state index >= 15 is 9.59 Å². The van der Waals surface area contributed by atoms with Gasteiger partial charge in [0.2, 0.25) is 5.79 Å². The monoisotopic (exact) mass is 1520 g/mol. The van der Waals surface area contributed by atoms with Gasteiger partial charge in [0.15, 0.2) is 18.0 Å². The third-order valence-electron chi connectivity index (χ3n) is 23.1. The van der Waals surface area contributed by atoms with Crippen LogP contribution in [0.2, 0.25) is 0 Å². The zero-order valence-corrected chi connectivity index (χ0v) is 69.3. The van der Waals surface area contributed by atoms with Gasteiger partial charge in [0, 0.05) is 64.9 Å². The summed E-state index contributed by atoms with van der Waals surface area (Å²) in [6, 6.07) is -1.24. The van der Waals surface area contributed by atoms with Crippen LogP contribution in [0.15, 0.2) is 36.0 Å². The van der Waals surface area contributed by atoms with E-state index in [4.69, 9.17) is 42.6 Å². The molecule has 0 aromatic carbocycles. The van der Waals surface area contributed by atoms with E-state index in [1.807, 2.05) is 46.8 Å². The van der Waals surface area contributed by atoms with Crippen LogP contribution >= 0.6 is 0 Å². The van der Waals surface area contributed by atoms with Crippen molar-refractivity contribution in [2.45, 2.75) is 393 Å². The molecule has 0 aromatic rings. The van der Waals surface area contributed by atoms with Gasteiger partial charge in [-0.25, -0.2) is 4.79 Å². The molecule has 0 radical (unpaired) electrons. The predicted octanol–water partition coefficient (Wildman–Crippen LogP) is 17.6. The summed E-state index contributed by atoms with van der Waals surface area (Å²) in [5.41, 5.74) is 1.48. The standard InChI is InChI=1S/C88H149NO19/c1-14-17-19-21-23-25-27-29-31-33-35-37-39-45-78(91)103-60-71(61-104-79(92)46-40-38-36-34-32-30-28-26-24-22-20-18-15-2)105-80(93)55-62(4)47-48-65(7)86(97)106-75-57-67(9)82(66(8)56-69-49-50-73(90)74(59-69)100-11)107-87(98)72-44-41-42-51-89(72)85(96)84(95)88(99)68(10)58-77(102-13)83(108-88)76(101-12)54-64(6)52-63(5)53-70(43-16-3)81(75)94/h16,53,56,62,64-65,67-77,82-83,90,99H,3,14-15,17-52,54-55,57-61H2,1-2,4-13H3/b63-53+,66-56+/t62?,64-,65?,67+,68+,69-,70+,72-,73?,74+,75-,76-,77-,82+,83?,88+/m0/s1. The topological polar surface area (TPSA) is 263 Å². The van der Waals surface area contributed by atoms with Gasteiger partial charge in [-0.1, -0.05) is 226 Å². The molecule has 4 rings (SSSR count). The summed E-state index contributed by atoms with van der Waals surface area (Å²) in [4.78, 5) is 116. The van der Waals surface area contributed by atoms with Crippen LogP contribution in [-0.4, -0.2) is 164 Å². The molecule has 1 saturated carbocycles. The number of carbonyl (C=O) groups is 8. The van der Waals surface area contributed by atoms with Gasteiger partial charge in [0.1, 0.15) is 31.5 Å². The number of ketones is 2. The van der Waals surface area contributed by atoms with Crippen molar-refractivity contribution in [1.29, 1.82) is 0 Å². The number of methoxy groups -OCH3 is 3. The lowest BCUT2D eigenvalue weighted by Gasteiger charge is -2.47. The molecular formula is C88H149NO19. The van der Waals surface area contributed by atoms with Crippen LogP contribution in [0, 0.1) is 41.4 Å². The number of hydrogen-bond donors (Lipinski definition) is 2. The first-order chi connectivity index (χ1) is 51.8. The number of fused-ring (bicyclic) bond motifs is 3. The molecule has 108 heavy (non-hydrogen) atoms. The van der Waals surface area contributed by atoms with Crippen molar-refractivity contribution in [3.05, 3.63) is 36.0 Å². The van der Waals surface area contributed by atoms with Crippen molar-refractivity contribution in [3.63, 3.8) is 0 Å². The number of Topliss-reactive ketones (excluding diaryl/α,β-unsaturated/α-hetero) is 2. The smallest absolute Gasteiger partial charge is 0.329 e. The molecule has 20 nitrogen and oxygen atoms in total. The van der Waals surface area contributed by atoms with Gasteiger partial charge in [0.05, 0.1) is 30.3 Å². The van der Waals surface area contributed by atoms with Gasteiger partial charge in [0.25, 0.3) is 11.7 Å². The number of allylic oxidation sites excluding steroid dienone is 4. The van der Waals surface area contributed by atoms with E-state index in [2.05, 4.69) is 20.4 Å². The molecule has 2 N–H and O–H groups in total. The van der Waals surface area contributed by atoms with E-state index in [9.17, 15) is 39.0 Å². The Balaban J connectivity index is 1.54. The first-order valence-corrected chi connectivity index (χ1v) is 42.8. The Morgan fingerprint density at radius 2 is 1.19 bits per heavy atom. The van der Waals surface area contributed by atoms with Crippen LogP contribution in [0.4, 0.5) is 0 Å². The molecule has 2 saturated heterocycles. The Kier molecular flexibility index (Phi) is 47.7.